The number of H-pyrrole nitrogens is 1. The van der Waals surface area contributed by atoms with Crippen molar-refractivity contribution in [2.75, 3.05) is 11.8 Å². The number of ether oxygens (including phenoxy) is 1. The lowest BCUT2D eigenvalue weighted by Gasteiger charge is -2.11. The number of halogens is 1. The van der Waals surface area contributed by atoms with Gasteiger partial charge in [0.15, 0.2) is 0 Å². The standard InChI is InChI=1S/C15H12ClN3O5S/c1-24-14-5-2-9(16)6-13(14)18-25(22,23)15-8-17-12-4-3-10(19(20)21)7-11(12)15/h2-8,17-18H,1H3. The van der Waals surface area contributed by atoms with Crippen LogP contribution in [0.5, 0.6) is 5.75 Å². The van der Waals surface area contributed by atoms with E-state index < -0.39 is 14.9 Å². The summed E-state index contributed by atoms with van der Waals surface area (Å²) in [5, 5.41) is 11.5. The topological polar surface area (TPSA) is 114 Å². The second-order valence-electron chi connectivity index (χ2n) is 5.09. The van der Waals surface area contributed by atoms with Crippen molar-refractivity contribution in [3.05, 3.63) is 57.7 Å². The lowest BCUT2D eigenvalue weighted by Crippen LogP contribution is -2.13. The largest absolute Gasteiger partial charge is 0.495 e. The van der Waals surface area contributed by atoms with Gasteiger partial charge in [-0.15, -0.1) is 0 Å². The van der Waals surface area contributed by atoms with Crippen molar-refractivity contribution in [3.8, 4) is 5.75 Å². The summed E-state index contributed by atoms with van der Waals surface area (Å²) >= 11 is 5.91. The van der Waals surface area contributed by atoms with Crippen molar-refractivity contribution in [2.24, 2.45) is 0 Å². The highest BCUT2D eigenvalue weighted by Crippen LogP contribution is 2.32. The van der Waals surface area contributed by atoms with E-state index in [0.717, 1.165) is 0 Å². The third-order valence-electron chi connectivity index (χ3n) is 3.53. The Bertz CT molecular complexity index is 1080. The molecule has 1 heterocycles. The Morgan fingerprint density at radius 2 is 2.00 bits per heavy atom. The highest BCUT2D eigenvalue weighted by molar-refractivity contribution is 7.93. The molecule has 10 heteroatoms. The zero-order chi connectivity index (χ0) is 18.2. The van der Waals surface area contributed by atoms with Crippen molar-refractivity contribution >= 4 is 43.9 Å². The van der Waals surface area contributed by atoms with Gasteiger partial charge in [-0.05, 0) is 24.3 Å². The molecule has 25 heavy (non-hydrogen) atoms. The van der Waals surface area contributed by atoms with Crippen LogP contribution in [0, 0.1) is 10.1 Å². The Balaban J connectivity index is 2.09. The molecule has 8 nitrogen and oxygen atoms in total. The second kappa shape index (κ2) is 6.26. The van der Waals surface area contributed by atoms with Crippen LogP contribution >= 0.6 is 11.6 Å². The molecule has 0 bridgehead atoms. The Morgan fingerprint density at radius 1 is 1.24 bits per heavy atom. The van der Waals surface area contributed by atoms with Gasteiger partial charge in [-0.3, -0.25) is 14.8 Å². The van der Waals surface area contributed by atoms with E-state index in [1.165, 1.54) is 43.6 Å². The molecular formula is C15H12ClN3O5S. The molecular weight excluding hydrogens is 370 g/mol. The molecule has 2 aromatic carbocycles. The number of benzene rings is 2. The zero-order valence-electron chi connectivity index (χ0n) is 12.8. The third-order valence-corrected chi connectivity index (χ3v) is 5.17. The van der Waals surface area contributed by atoms with Gasteiger partial charge in [0, 0.05) is 34.3 Å². The van der Waals surface area contributed by atoms with Crippen LogP contribution in [-0.4, -0.2) is 25.4 Å². The van der Waals surface area contributed by atoms with Gasteiger partial charge in [0.1, 0.15) is 10.6 Å². The fraction of sp³-hybridized carbons (Fsp3) is 0.0667. The molecule has 0 aliphatic rings. The first-order valence-corrected chi connectivity index (χ1v) is 8.80. The minimum absolute atomic E-state index is 0.117. The smallest absolute Gasteiger partial charge is 0.270 e. The highest BCUT2D eigenvalue weighted by atomic mass is 35.5. The van der Waals surface area contributed by atoms with E-state index in [1.807, 2.05) is 0 Å². The van der Waals surface area contributed by atoms with Crippen LogP contribution in [0.3, 0.4) is 0 Å². The number of aromatic nitrogens is 1. The number of methoxy groups -OCH3 is 1. The fourth-order valence-corrected chi connectivity index (χ4v) is 3.78. The number of nitro benzene ring substituents is 1. The number of nitro groups is 1. The number of aromatic amines is 1. The average molecular weight is 382 g/mol. The predicted molar refractivity (Wildman–Crippen MR) is 93.8 cm³/mol. The third kappa shape index (κ3) is 3.24. The van der Waals surface area contributed by atoms with Crippen molar-refractivity contribution in [1.82, 2.24) is 4.98 Å². The molecule has 3 rings (SSSR count). The van der Waals surface area contributed by atoms with E-state index in [9.17, 15) is 18.5 Å². The van der Waals surface area contributed by atoms with Crippen LogP contribution in [0.15, 0.2) is 47.5 Å². The predicted octanol–water partition coefficient (Wildman–Crippen LogP) is 3.54. The Morgan fingerprint density at radius 3 is 2.68 bits per heavy atom. The molecule has 1 aromatic heterocycles. The maximum Gasteiger partial charge on any atom is 0.270 e. The normalized spacial score (nSPS) is 11.4. The molecule has 130 valence electrons. The van der Waals surface area contributed by atoms with Gasteiger partial charge in [0.05, 0.1) is 17.7 Å². The number of non-ortho nitro benzene ring substituents is 1. The van der Waals surface area contributed by atoms with E-state index in [1.54, 1.807) is 6.07 Å². The highest BCUT2D eigenvalue weighted by Gasteiger charge is 2.22. The first-order chi connectivity index (χ1) is 11.8. The summed E-state index contributed by atoms with van der Waals surface area (Å²) < 4.78 is 33.0. The van der Waals surface area contributed by atoms with Crippen LogP contribution in [0.1, 0.15) is 0 Å². The number of hydrogen-bond donors (Lipinski definition) is 2. The number of hydrogen-bond acceptors (Lipinski definition) is 5. The van der Waals surface area contributed by atoms with Gasteiger partial charge in [-0.25, -0.2) is 8.42 Å². The molecule has 0 unspecified atom stereocenters. The maximum absolute atomic E-state index is 12.7. The molecule has 0 radical (unpaired) electrons. The average Bonchev–Trinajstić information content (AvgIpc) is 2.98. The summed E-state index contributed by atoms with van der Waals surface area (Å²) in [5.74, 6) is 0.291. The zero-order valence-corrected chi connectivity index (χ0v) is 14.4. The maximum atomic E-state index is 12.7. The van der Waals surface area contributed by atoms with Crippen molar-refractivity contribution in [1.29, 1.82) is 0 Å². The quantitative estimate of drug-likeness (QED) is 0.518. The Labute approximate surface area is 147 Å². The number of fused-ring (bicyclic) bond motifs is 1. The van der Waals surface area contributed by atoms with Crippen LogP contribution < -0.4 is 9.46 Å². The van der Waals surface area contributed by atoms with Gasteiger partial charge in [0.2, 0.25) is 0 Å². The first-order valence-electron chi connectivity index (χ1n) is 6.94. The summed E-state index contributed by atoms with van der Waals surface area (Å²) in [7, 11) is -2.63. The Kier molecular flexibility index (Phi) is 4.27. The van der Waals surface area contributed by atoms with Crippen LogP contribution in [-0.2, 0) is 10.0 Å². The SMILES string of the molecule is COc1ccc(Cl)cc1NS(=O)(=O)c1c[nH]c2ccc([N+](=O)[O-])cc12. The van der Waals surface area contributed by atoms with Crippen LogP contribution in [0.25, 0.3) is 10.9 Å². The summed E-state index contributed by atoms with van der Waals surface area (Å²) in [6.07, 6.45) is 1.27. The molecule has 3 aromatic rings. The lowest BCUT2D eigenvalue weighted by atomic mass is 10.2. The number of rotatable bonds is 5. The molecule has 0 saturated heterocycles. The summed E-state index contributed by atoms with van der Waals surface area (Å²) in [5.41, 5.74) is 0.419. The Hall–Kier alpha value is -2.78. The molecule has 0 aliphatic carbocycles. The molecule has 0 atom stereocenters. The van der Waals surface area contributed by atoms with Crippen molar-refractivity contribution in [3.63, 3.8) is 0 Å². The number of anilines is 1. The summed E-state index contributed by atoms with van der Waals surface area (Å²) in [6, 6.07) is 8.45. The first kappa shape index (κ1) is 17.1. The van der Waals surface area contributed by atoms with E-state index in [-0.39, 0.29) is 21.7 Å². The summed E-state index contributed by atoms with van der Waals surface area (Å²) in [4.78, 5) is 13.0. The van der Waals surface area contributed by atoms with Crippen LogP contribution in [0.2, 0.25) is 5.02 Å². The second-order valence-corrected chi connectivity index (χ2v) is 7.18. The number of sulfonamides is 1. The van der Waals surface area contributed by atoms with Gasteiger partial charge in [-0.1, -0.05) is 11.6 Å². The van der Waals surface area contributed by atoms with E-state index in [2.05, 4.69) is 9.71 Å². The van der Waals surface area contributed by atoms with E-state index >= 15 is 0 Å². The minimum atomic E-state index is -4.03. The van der Waals surface area contributed by atoms with Gasteiger partial charge in [0.25, 0.3) is 15.7 Å². The van der Waals surface area contributed by atoms with Crippen molar-refractivity contribution < 1.29 is 18.1 Å². The molecule has 2 N–H and O–H groups in total. The van der Waals surface area contributed by atoms with Gasteiger partial charge in [-0.2, -0.15) is 0 Å². The molecule has 0 aliphatic heterocycles. The van der Waals surface area contributed by atoms with Crippen LogP contribution in [0.4, 0.5) is 11.4 Å². The van der Waals surface area contributed by atoms with Gasteiger partial charge < -0.3 is 9.72 Å². The van der Waals surface area contributed by atoms with Crippen molar-refractivity contribution in [2.45, 2.75) is 4.90 Å². The molecule has 0 spiro atoms. The molecule has 0 fully saturated rings. The fourth-order valence-electron chi connectivity index (χ4n) is 2.38. The molecule has 0 saturated carbocycles. The van der Waals surface area contributed by atoms with E-state index in [4.69, 9.17) is 16.3 Å². The number of nitrogens with zero attached hydrogens (tertiary/aromatic N) is 1. The minimum Gasteiger partial charge on any atom is -0.495 e. The lowest BCUT2D eigenvalue weighted by molar-refractivity contribution is -0.384. The van der Waals surface area contributed by atoms with Gasteiger partial charge >= 0.3 is 0 Å². The summed E-state index contributed by atoms with van der Waals surface area (Å²) in [6.45, 7) is 0. The monoisotopic (exact) mass is 381 g/mol. The van der Waals surface area contributed by atoms with E-state index in [0.29, 0.717) is 16.3 Å². The number of nitrogens with one attached hydrogen (secondary N) is 2. The molecule has 0 amide bonds.